The molecule has 5 atom stereocenters. The van der Waals surface area contributed by atoms with Crippen LogP contribution in [0.1, 0.15) is 11.1 Å². The highest BCUT2D eigenvalue weighted by molar-refractivity contribution is 5.71. The first-order chi connectivity index (χ1) is 13.3. The van der Waals surface area contributed by atoms with E-state index < -0.39 is 30.7 Å². The SMILES string of the molecule is Oc1ccc(/C=C/c2cc(O)cc(OC[C@H]3O[C@@H](O)[C@H](O)[C@@H](O)[C@@H]3O)c2)cc1. The quantitative estimate of drug-likeness (QED) is 0.405. The van der Waals surface area contributed by atoms with Crippen molar-refractivity contribution in [2.45, 2.75) is 30.7 Å². The van der Waals surface area contributed by atoms with Crippen LogP contribution in [0.4, 0.5) is 0 Å². The van der Waals surface area contributed by atoms with Gasteiger partial charge < -0.3 is 40.1 Å². The van der Waals surface area contributed by atoms with Crippen LogP contribution in [0.2, 0.25) is 0 Å². The van der Waals surface area contributed by atoms with Crippen LogP contribution in [0.5, 0.6) is 17.2 Å². The Morgan fingerprint density at radius 2 is 1.46 bits per heavy atom. The average molecular weight is 390 g/mol. The smallest absolute Gasteiger partial charge is 0.184 e. The molecule has 8 heteroatoms. The molecule has 2 aromatic rings. The molecule has 2 aromatic carbocycles. The van der Waals surface area contributed by atoms with Crippen LogP contribution in [0.3, 0.4) is 0 Å². The van der Waals surface area contributed by atoms with E-state index in [1.165, 1.54) is 12.1 Å². The number of ether oxygens (including phenoxy) is 2. The molecule has 8 nitrogen and oxygen atoms in total. The van der Waals surface area contributed by atoms with Crippen molar-refractivity contribution in [1.29, 1.82) is 0 Å². The van der Waals surface area contributed by atoms with Crippen LogP contribution < -0.4 is 4.74 Å². The summed E-state index contributed by atoms with van der Waals surface area (Å²) in [5, 5.41) is 57.9. The minimum atomic E-state index is -1.64. The van der Waals surface area contributed by atoms with Crippen molar-refractivity contribution in [3.05, 3.63) is 53.6 Å². The van der Waals surface area contributed by atoms with Crippen LogP contribution in [0, 0.1) is 0 Å². The second-order valence-electron chi connectivity index (χ2n) is 6.53. The fourth-order valence-electron chi connectivity index (χ4n) is 2.81. The standard InChI is InChI=1S/C20H22O8/c21-13-5-3-11(4-6-13)1-2-12-7-14(22)9-15(8-12)27-10-16-17(23)18(24)19(25)20(26)28-16/h1-9,16-26H,10H2/b2-1+/t16-,17-,18+,19-,20-/m1/s1. The van der Waals surface area contributed by atoms with Gasteiger partial charge in [-0.05, 0) is 35.4 Å². The van der Waals surface area contributed by atoms with E-state index in [1.54, 1.807) is 42.5 Å². The highest BCUT2D eigenvalue weighted by Gasteiger charge is 2.43. The highest BCUT2D eigenvalue weighted by Crippen LogP contribution is 2.25. The topological polar surface area (TPSA) is 140 Å². The molecular formula is C20H22O8. The monoisotopic (exact) mass is 390 g/mol. The van der Waals surface area contributed by atoms with Crippen molar-refractivity contribution in [2.24, 2.45) is 0 Å². The Hall–Kier alpha value is -2.62. The first-order valence-corrected chi connectivity index (χ1v) is 8.65. The van der Waals surface area contributed by atoms with Gasteiger partial charge in [0.1, 0.15) is 48.3 Å². The van der Waals surface area contributed by atoms with Crippen molar-refractivity contribution >= 4 is 12.2 Å². The summed E-state index contributed by atoms with van der Waals surface area (Å²) in [5.74, 6) is 0.416. The van der Waals surface area contributed by atoms with Gasteiger partial charge in [0.2, 0.25) is 0 Å². The zero-order valence-corrected chi connectivity index (χ0v) is 14.8. The number of rotatable bonds is 5. The van der Waals surface area contributed by atoms with Gasteiger partial charge in [-0.2, -0.15) is 0 Å². The third kappa shape index (κ3) is 4.80. The first-order valence-electron chi connectivity index (χ1n) is 8.65. The number of hydrogen-bond acceptors (Lipinski definition) is 8. The molecule has 0 spiro atoms. The van der Waals surface area contributed by atoms with Crippen molar-refractivity contribution in [1.82, 2.24) is 0 Å². The number of phenols is 2. The third-order valence-electron chi connectivity index (χ3n) is 4.38. The lowest BCUT2D eigenvalue weighted by Gasteiger charge is -2.38. The number of aromatic hydroxyl groups is 2. The predicted octanol–water partition coefficient (Wildman–Crippen LogP) is 0.447. The van der Waals surface area contributed by atoms with Gasteiger partial charge >= 0.3 is 0 Å². The fourth-order valence-corrected chi connectivity index (χ4v) is 2.81. The zero-order valence-electron chi connectivity index (χ0n) is 14.8. The highest BCUT2D eigenvalue weighted by atomic mass is 16.6. The summed E-state index contributed by atoms with van der Waals surface area (Å²) in [6, 6.07) is 11.1. The van der Waals surface area contributed by atoms with Crippen LogP contribution >= 0.6 is 0 Å². The number of aliphatic hydroxyl groups is 4. The molecule has 0 amide bonds. The van der Waals surface area contributed by atoms with Gasteiger partial charge in [0.05, 0.1) is 0 Å². The Balaban J connectivity index is 1.67. The van der Waals surface area contributed by atoms with Gasteiger partial charge in [0.15, 0.2) is 6.29 Å². The Morgan fingerprint density at radius 3 is 2.18 bits per heavy atom. The second kappa shape index (κ2) is 8.59. The number of hydrogen-bond donors (Lipinski definition) is 6. The Bertz CT molecular complexity index is 819. The first kappa shape index (κ1) is 20.1. The second-order valence-corrected chi connectivity index (χ2v) is 6.53. The normalized spacial score (nSPS) is 27.8. The van der Waals surface area contributed by atoms with Gasteiger partial charge in [-0.15, -0.1) is 0 Å². The Kier molecular flexibility index (Phi) is 6.18. The molecule has 150 valence electrons. The van der Waals surface area contributed by atoms with Crippen LogP contribution in [-0.2, 0) is 4.74 Å². The molecular weight excluding hydrogens is 368 g/mol. The van der Waals surface area contributed by atoms with Gasteiger partial charge in [0.25, 0.3) is 0 Å². The number of benzene rings is 2. The minimum absolute atomic E-state index is 0.0385. The van der Waals surface area contributed by atoms with Crippen molar-refractivity contribution in [3.63, 3.8) is 0 Å². The van der Waals surface area contributed by atoms with E-state index in [4.69, 9.17) is 9.47 Å². The Morgan fingerprint density at radius 1 is 0.786 bits per heavy atom. The molecule has 1 aliphatic heterocycles. The Labute approximate surface area is 161 Å². The molecule has 0 radical (unpaired) electrons. The van der Waals surface area contributed by atoms with Gasteiger partial charge in [-0.1, -0.05) is 24.3 Å². The van der Waals surface area contributed by atoms with E-state index >= 15 is 0 Å². The average Bonchev–Trinajstić information content (AvgIpc) is 2.67. The van der Waals surface area contributed by atoms with E-state index in [2.05, 4.69) is 0 Å². The predicted molar refractivity (Wildman–Crippen MR) is 99.5 cm³/mol. The molecule has 0 aromatic heterocycles. The summed E-state index contributed by atoms with van der Waals surface area (Å²) in [4.78, 5) is 0. The molecule has 0 unspecified atom stereocenters. The summed E-state index contributed by atoms with van der Waals surface area (Å²) >= 11 is 0. The van der Waals surface area contributed by atoms with Gasteiger partial charge in [-0.3, -0.25) is 0 Å². The van der Waals surface area contributed by atoms with E-state index in [0.717, 1.165) is 5.56 Å². The van der Waals surface area contributed by atoms with E-state index in [-0.39, 0.29) is 23.9 Å². The lowest BCUT2D eigenvalue weighted by atomic mass is 9.99. The van der Waals surface area contributed by atoms with Crippen molar-refractivity contribution < 1.29 is 40.1 Å². The summed E-state index contributed by atoms with van der Waals surface area (Å²) in [5.41, 5.74) is 1.49. The van der Waals surface area contributed by atoms with Crippen LogP contribution in [0.25, 0.3) is 12.2 Å². The molecule has 6 N–H and O–H groups in total. The van der Waals surface area contributed by atoms with E-state index in [9.17, 15) is 30.6 Å². The number of phenolic OH excluding ortho intramolecular Hbond substituents is 2. The largest absolute Gasteiger partial charge is 0.508 e. The van der Waals surface area contributed by atoms with Crippen LogP contribution in [0.15, 0.2) is 42.5 Å². The van der Waals surface area contributed by atoms with Crippen molar-refractivity contribution in [3.8, 4) is 17.2 Å². The maximum Gasteiger partial charge on any atom is 0.184 e. The molecule has 0 bridgehead atoms. The lowest BCUT2D eigenvalue weighted by Crippen LogP contribution is -2.58. The summed E-state index contributed by atoms with van der Waals surface area (Å²) in [6.45, 7) is -0.216. The zero-order chi connectivity index (χ0) is 20.3. The van der Waals surface area contributed by atoms with Gasteiger partial charge in [0, 0.05) is 6.07 Å². The van der Waals surface area contributed by atoms with Crippen molar-refractivity contribution in [2.75, 3.05) is 6.61 Å². The minimum Gasteiger partial charge on any atom is -0.508 e. The molecule has 0 aliphatic carbocycles. The number of aliphatic hydroxyl groups excluding tert-OH is 4. The van der Waals surface area contributed by atoms with E-state index in [0.29, 0.717) is 5.56 Å². The molecule has 1 saturated heterocycles. The van der Waals surface area contributed by atoms with Gasteiger partial charge in [-0.25, -0.2) is 0 Å². The maximum absolute atomic E-state index is 9.94. The lowest BCUT2D eigenvalue weighted by molar-refractivity contribution is -0.285. The molecule has 1 aliphatic rings. The summed E-state index contributed by atoms with van der Waals surface area (Å²) in [7, 11) is 0. The molecule has 1 heterocycles. The maximum atomic E-state index is 9.94. The summed E-state index contributed by atoms with van der Waals surface area (Å²) < 4.78 is 10.6. The molecule has 1 fully saturated rings. The third-order valence-corrected chi connectivity index (χ3v) is 4.38. The molecule has 0 saturated carbocycles. The fraction of sp³-hybridized carbons (Fsp3) is 0.300. The van der Waals surface area contributed by atoms with E-state index in [1.807, 2.05) is 0 Å². The molecule has 3 rings (SSSR count). The summed E-state index contributed by atoms with van der Waals surface area (Å²) in [6.07, 6.45) is -3.78. The molecule has 28 heavy (non-hydrogen) atoms. The van der Waals surface area contributed by atoms with Crippen LogP contribution in [-0.4, -0.2) is 68.0 Å².